The smallest absolute Gasteiger partial charge is 0.410 e. The van der Waals surface area contributed by atoms with E-state index in [-0.39, 0.29) is 17.8 Å². The van der Waals surface area contributed by atoms with Crippen LogP contribution in [0.1, 0.15) is 44.6 Å². The first-order valence-corrected chi connectivity index (χ1v) is 11.4. The Morgan fingerprint density at radius 2 is 2.00 bits per heavy atom. The fraction of sp³-hybridized carbons (Fsp3) is 0.542. The Labute approximate surface area is 187 Å². The van der Waals surface area contributed by atoms with Crippen LogP contribution in [0, 0.1) is 11.3 Å². The summed E-state index contributed by atoms with van der Waals surface area (Å²) < 4.78 is 5.38. The largest absolute Gasteiger partial charge is 0.449 e. The van der Waals surface area contributed by atoms with Crippen LogP contribution in [-0.2, 0) is 14.3 Å². The maximum absolute atomic E-state index is 13.8. The summed E-state index contributed by atoms with van der Waals surface area (Å²) in [5, 5.41) is 12.6. The van der Waals surface area contributed by atoms with Gasteiger partial charge in [0.2, 0.25) is 5.91 Å². The fourth-order valence-electron chi connectivity index (χ4n) is 4.97. The first kappa shape index (κ1) is 22.5. The van der Waals surface area contributed by atoms with Crippen molar-refractivity contribution < 1.29 is 24.3 Å². The van der Waals surface area contributed by atoms with Crippen LogP contribution in [0.25, 0.3) is 5.57 Å². The minimum Gasteiger partial charge on any atom is -0.449 e. The summed E-state index contributed by atoms with van der Waals surface area (Å²) in [4.78, 5) is 40.8. The van der Waals surface area contributed by atoms with Gasteiger partial charge in [-0.1, -0.05) is 43.3 Å². The van der Waals surface area contributed by atoms with Gasteiger partial charge in [-0.2, -0.15) is 0 Å². The first-order chi connectivity index (χ1) is 15.5. The molecule has 172 valence electrons. The van der Waals surface area contributed by atoms with Gasteiger partial charge in [0, 0.05) is 13.1 Å². The van der Waals surface area contributed by atoms with Gasteiger partial charge in [-0.05, 0) is 48.7 Å². The second kappa shape index (κ2) is 9.42. The minimum atomic E-state index is -0.981. The van der Waals surface area contributed by atoms with Gasteiger partial charge in [-0.3, -0.25) is 19.7 Å². The molecule has 2 fully saturated rings. The van der Waals surface area contributed by atoms with Gasteiger partial charge in [0.1, 0.15) is 6.04 Å². The standard InChI is InChI=1S/C24H31N3O5/c1-2-12-32-23(30)27-15-24(9-10-24)14-18(22(29)26-31)20(27)21(28)19-13-17(8-11-25-19)16-6-4-3-5-7-16/h3-8,18-20,25,31H,2,9-15H2,1H3,(H,26,29). The third-order valence-corrected chi connectivity index (χ3v) is 6.86. The molecule has 1 aromatic rings. The highest BCUT2D eigenvalue weighted by Gasteiger charge is 2.57. The van der Waals surface area contributed by atoms with E-state index in [0.29, 0.717) is 32.4 Å². The maximum atomic E-state index is 13.8. The number of hydrogen-bond donors (Lipinski definition) is 3. The predicted octanol–water partition coefficient (Wildman–Crippen LogP) is 2.52. The van der Waals surface area contributed by atoms with Crippen LogP contribution in [0.2, 0.25) is 0 Å². The van der Waals surface area contributed by atoms with Crippen molar-refractivity contribution in [1.29, 1.82) is 0 Å². The second-order valence-electron chi connectivity index (χ2n) is 9.14. The average Bonchev–Trinajstić information content (AvgIpc) is 3.59. The number of Topliss-reactive ketones (excluding diaryl/α,β-unsaturated/α-hetero) is 1. The zero-order valence-electron chi connectivity index (χ0n) is 18.4. The van der Waals surface area contributed by atoms with E-state index < -0.39 is 30.0 Å². The van der Waals surface area contributed by atoms with E-state index in [1.54, 1.807) is 5.48 Å². The zero-order valence-corrected chi connectivity index (χ0v) is 18.4. The average molecular weight is 442 g/mol. The van der Waals surface area contributed by atoms with Gasteiger partial charge < -0.3 is 10.1 Å². The van der Waals surface area contributed by atoms with E-state index in [9.17, 15) is 19.6 Å². The maximum Gasteiger partial charge on any atom is 0.410 e. The van der Waals surface area contributed by atoms with Crippen molar-refractivity contribution in [2.75, 3.05) is 19.7 Å². The van der Waals surface area contributed by atoms with Crippen molar-refractivity contribution in [1.82, 2.24) is 15.7 Å². The Hall–Kier alpha value is -2.71. The van der Waals surface area contributed by atoms with Crippen molar-refractivity contribution in [3.05, 3.63) is 42.0 Å². The lowest BCUT2D eigenvalue weighted by molar-refractivity contribution is -0.145. The van der Waals surface area contributed by atoms with Gasteiger partial charge in [-0.25, -0.2) is 10.3 Å². The van der Waals surface area contributed by atoms with Crippen molar-refractivity contribution >= 4 is 23.4 Å². The van der Waals surface area contributed by atoms with E-state index in [0.717, 1.165) is 24.0 Å². The van der Waals surface area contributed by atoms with Gasteiger partial charge in [0.15, 0.2) is 5.78 Å². The minimum absolute atomic E-state index is 0.172. The molecule has 0 aromatic heterocycles. The lowest BCUT2D eigenvalue weighted by Gasteiger charge is -2.44. The molecule has 32 heavy (non-hydrogen) atoms. The van der Waals surface area contributed by atoms with Crippen LogP contribution in [-0.4, -0.2) is 59.7 Å². The van der Waals surface area contributed by atoms with Crippen molar-refractivity contribution in [2.45, 2.75) is 51.1 Å². The van der Waals surface area contributed by atoms with E-state index in [1.807, 2.05) is 37.3 Å². The highest BCUT2D eigenvalue weighted by molar-refractivity contribution is 5.98. The molecule has 3 aliphatic rings. The van der Waals surface area contributed by atoms with Crippen molar-refractivity contribution in [3.63, 3.8) is 0 Å². The summed E-state index contributed by atoms with van der Waals surface area (Å²) in [5.74, 6) is -1.66. The van der Waals surface area contributed by atoms with Gasteiger partial charge in [0.25, 0.3) is 0 Å². The Kier molecular flexibility index (Phi) is 6.62. The van der Waals surface area contributed by atoms with E-state index in [4.69, 9.17) is 4.74 Å². The number of benzene rings is 1. The molecular weight excluding hydrogens is 410 g/mol. The van der Waals surface area contributed by atoms with Crippen LogP contribution >= 0.6 is 0 Å². The van der Waals surface area contributed by atoms with Crippen LogP contribution in [0.4, 0.5) is 4.79 Å². The molecule has 3 N–H and O–H groups in total. The molecule has 3 atom stereocenters. The number of carbonyl (C=O) groups is 3. The Bertz CT molecular complexity index is 896. The molecule has 0 bridgehead atoms. The van der Waals surface area contributed by atoms with Crippen LogP contribution in [0.15, 0.2) is 36.4 Å². The summed E-state index contributed by atoms with van der Waals surface area (Å²) in [7, 11) is 0. The van der Waals surface area contributed by atoms with Crippen molar-refractivity contribution in [2.24, 2.45) is 11.3 Å². The highest BCUT2D eigenvalue weighted by atomic mass is 16.6. The fourth-order valence-corrected chi connectivity index (χ4v) is 4.97. The van der Waals surface area contributed by atoms with Gasteiger partial charge in [-0.15, -0.1) is 0 Å². The quantitative estimate of drug-likeness (QED) is 0.463. The zero-order chi connectivity index (χ0) is 22.7. The van der Waals surface area contributed by atoms with Crippen LogP contribution in [0.3, 0.4) is 0 Å². The Morgan fingerprint density at radius 1 is 1.25 bits per heavy atom. The lowest BCUT2D eigenvalue weighted by Crippen LogP contribution is -2.62. The predicted molar refractivity (Wildman–Crippen MR) is 118 cm³/mol. The van der Waals surface area contributed by atoms with E-state index in [2.05, 4.69) is 11.4 Å². The number of nitrogens with zero attached hydrogens (tertiary/aromatic N) is 1. The highest BCUT2D eigenvalue weighted by Crippen LogP contribution is 2.55. The molecule has 4 rings (SSSR count). The third-order valence-electron chi connectivity index (χ3n) is 6.86. The molecule has 2 heterocycles. The van der Waals surface area contributed by atoms with Crippen molar-refractivity contribution in [3.8, 4) is 0 Å². The number of nitrogens with one attached hydrogen (secondary N) is 2. The summed E-state index contributed by atoms with van der Waals surface area (Å²) in [6, 6.07) is 8.35. The summed E-state index contributed by atoms with van der Waals surface area (Å²) in [6.07, 6.45) is 4.88. The summed E-state index contributed by atoms with van der Waals surface area (Å²) in [5.41, 5.74) is 3.66. The molecular formula is C24H31N3O5. The molecule has 1 saturated heterocycles. The topological polar surface area (TPSA) is 108 Å². The van der Waals surface area contributed by atoms with Crippen LogP contribution < -0.4 is 10.8 Å². The van der Waals surface area contributed by atoms with Gasteiger partial charge >= 0.3 is 6.09 Å². The molecule has 2 amide bonds. The molecule has 1 spiro atoms. The number of ether oxygens (including phenoxy) is 1. The molecule has 1 saturated carbocycles. The number of amides is 2. The molecule has 3 unspecified atom stereocenters. The van der Waals surface area contributed by atoms with E-state index >= 15 is 0 Å². The number of hydrogen-bond acceptors (Lipinski definition) is 6. The SMILES string of the molecule is CCCOC(=O)N1CC2(CC2)CC(C(=O)NO)C1C(=O)C1CC(c2ccccc2)=CCN1. The molecule has 1 aromatic carbocycles. The lowest BCUT2D eigenvalue weighted by atomic mass is 9.76. The number of rotatable bonds is 6. The van der Waals surface area contributed by atoms with Gasteiger partial charge in [0.05, 0.1) is 18.6 Å². The second-order valence-corrected chi connectivity index (χ2v) is 9.14. The van der Waals surface area contributed by atoms with Crippen LogP contribution in [0.5, 0.6) is 0 Å². The number of likely N-dealkylation sites (tertiary alicyclic amines) is 1. The number of carbonyl (C=O) groups excluding carboxylic acids is 3. The third kappa shape index (κ3) is 4.56. The number of piperidine rings is 1. The normalized spacial score (nSPS) is 26.2. The number of hydroxylamine groups is 1. The Morgan fingerprint density at radius 3 is 2.66 bits per heavy atom. The molecule has 1 aliphatic carbocycles. The molecule has 8 heteroatoms. The summed E-state index contributed by atoms with van der Waals surface area (Å²) in [6.45, 7) is 3.08. The molecule has 8 nitrogen and oxygen atoms in total. The van der Waals surface area contributed by atoms with E-state index in [1.165, 1.54) is 4.90 Å². The Balaban J connectivity index is 1.60. The molecule has 2 aliphatic heterocycles. The first-order valence-electron chi connectivity index (χ1n) is 11.4. The summed E-state index contributed by atoms with van der Waals surface area (Å²) >= 11 is 0. The number of ketones is 1. The molecule has 0 radical (unpaired) electrons. The monoisotopic (exact) mass is 441 g/mol.